The molecule has 0 bridgehead atoms. The number of aliphatic hydroxyl groups excluding tert-OH is 1. The number of hydrogen-bond donors (Lipinski definition) is 2. The van der Waals surface area contributed by atoms with Gasteiger partial charge in [0.05, 0.1) is 6.10 Å². The van der Waals surface area contributed by atoms with Gasteiger partial charge in [-0.15, -0.1) is 0 Å². The van der Waals surface area contributed by atoms with Crippen LogP contribution in [0.1, 0.15) is 6.92 Å². The zero-order valence-corrected chi connectivity index (χ0v) is 7.60. The van der Waals surface area contributed by atoms with Gasteiger partial charge >= 0.3 is 6.18 Å². The van der Waals surface area contributed by atoms with Crippen LogP contribution < -0.4 is 5.32 Å². The second-order valence-electron chi connectivity index (χ2n) is 2.76. The molecule has 0 heterocycles. The van der Waals surface area contributed by atoms with Gasteiger partial charge in [0.1, 0.15) is 13.2 Å². The van der Waals surface area contributed by atoms with Gasteiger partial charge in [0, 0.05) is 6.54 Å². The predicted molar refractivity (Wildman–Crippen MR) is 41.6 cm³/mol. The minimum atomic E-state index is -4.43. The quantitative estimate of drug-likeness (QED) is 0.682. The van der Waals surface area contributed by atoms with E-state index >= 15 is 0 Å². The van der Waals surface area contributed by atoms with Crippen molar-refractivity contribution in [1.82, 2.24) is 5.32 Å². The van der Waals surface area contributed by atoms with E-state index in [1.165, 1.54) is 6.92 Å². The van der Waals surface area contributed by atoms with E-state index in [0.717, 1.165) is 0 Å². The number of carbonyl (C=O) groups is 1. The van der Waals surface area contributed by atoms with E-state index in [4.69, 9.17) is 5.11 Å². The minimum absolute atomic E-state index is 0.00574. The fourth-order valence-corrected chi connectivity index (χ4v) is 0.572. The van der Waals surface area contributed by atoms with Crippen molar-refractivity contribution in [3.63, 3.8) is 0 Å². The summed E-state index contributed by atoms with van der Waals surface area (Å²) in [5.41, 5.74) is 0. The van der Waals surface area contributed by atoms with E-state index in [1.807, 2.05) is 0 Å². The molecule has 0 radical (unpaired) electrons. The molecule has 0 rings (SSSR count). The molecule has 0 aromatic rings. The highest BCUT2D eigenvalue weighted by molar-refractivity contribution is 5.77. The first kappa shape index (κ1) is 13.2. The van der Waals surface area contributed by atoms with E-state index in [-0.39, 0.29) is 6.54 Å². The Kier molecular flexibility index (Phi) is 5.47. The van der Waals surface area contributed by atoms with Gasteiger partial charge in [-0.25, -0.2) is 0 Å². The molecule has 0 saturated carbocycles. The molecular formula is C7H12F3NO3. The summed E-state index contributed by atoms with van der Waals surface area (Å²) in [6.07, 6.45) is -5.16. The van der Waals surface area contributed by atoms with Gasteiger partial charge in [-0.1, -0.05) is 0 Å². The molecule has 2 N–H and O–H groups in total. The summed E-state index contributed by atoms with van der Waals surface area (Å²) < 4.78 is 38.6. The molecule has 1 atom stereocenters. The van der Waals surface area contributed by atoms with Crippen molar-refractivity contribution in [2.75, 3.05) is 19.8 Å². The smallest absolute Gasteiger partial charge is 0.392 e. The Balaban J connectivity index is 3.46. The zero-order valence-electron chi connectivity index (χ0n) is 7.60. The van der Waals surface area contributed by atoms with Crippen LogP contribution in [0.5, 0.6) is 0 Å². The van der Waals surface area contributed by atoms with E-state index in [0.29, 0.717) is 0 Å². The molecule has 1 amide bonds. The highest BCUT2D eigenvalue weighted by atomic mass is 19.4. The lowest BCUT2D eigenvalue weighted by Crippen LogP contribution is -2.34. The number of halogens is 3. The number of amides is 1. The standard InChI is InChI=1S/C7H12F3NO3/c1-5(12)2-11-6(13)3-14-4-7(8,9)10/h5,12H,2-4H2,1H3,(H,11,13). The third-order valence-corrected chi connectivity index (χ3v) is 1.09. The van der Waals surface area contributed by atoms with Gasteiger partial charge in [0.15, 0.2) is 0 Å². The van der Waals surface area contributed by atoms with Crippen molar-refractivity contribution in [3.05, 3.63) is 0 Å². The zero-order chi connectivity index (χ0) is 11.2. The second-order valence-corrected chi connectivity index (χ2v) is 2.76. The number of nitrogens with one attached hydrogen (secondary N) is 1. The first-order valence-corrected chi connectivity index (χ1v) is 3.90. The van der Waals surface area contributed by atoms with Gasteiger partial charge in [-0.05, 0) is 6.92 Å². The normalized spacial score (nSPS) is 13.8. The first-order chi connectivity index (χ1) is 6.31. The maximum Gasteiger partial charge on any atom is 0.411 e. The molecule has 0 spiro atoms. The SMILES string of the molecule is CC(O)CNC(=O)COCC(F)(F)F. The van der Waals surface area contributed by atoms with Crippen molar-refractivity contribution >= 4 is 5.91 Å². The van der Waals surface area contributed by atoms with Crippen LogP contribution in [0.25, 0.3) is 0 Å². The van der Waals surface area contributed by atoms with Crippen molar-refractivity contribution in [2.24, 2.45) is 0 Å². The maximum atomic E-state index is 11.5. The van der Waals surface area contributed by atoms with E-state index in [9.17, 15) is 18.0 Å². The van der Waals surface area contributed by atoms with Crippen LogP contribution in [0, 0.1) is 0 Å². The van der Waals surface area contributed by atoms with Crippen molar-refractivity contribution < 1.29 is 27.8 Å². The van der Waals surface area contributed by atoms with E-state index in [1.54, 1.807) is 0 Å². The lowest BCUT2D eigenvalue weighted by Gasteiger charge is -2.09. The molecule has 0 saturated heterocycles. The third-order valence-electron chi connectivity index (χ3n) is 1.09. The van der Waals surface area contributed by atoms with Crippen LogP contribution >= 0.6 is 0 Å². The lowest BCUT2D eigenvalue weighted by atomic mass is 10.4. The molecule has 0 aliphatic rings. The Morgan fingerprint density at radius 2 is 2.14 bits per heavy atom. The molecule has 0 aromatic heterocycles. The lowest BCUT2D eigenvalue weighted by molar-refractivity contribution is -0.175. The molecule has 0 aromatic carbocycles. The summed E-state index contributed by atoms with van der Waals surface area (Å²) in [7, 11) is 0. The van der Waals surface area contributed by atoms with Crippen LogP contribution in [0.3, 0.4) is 0 Å². The Labute approximate surface area is 79.0 Å². The highest BCUT2D eigenvalue weighted by Crippen LogP contribution is 2.13. The van der Waals surface area contributed by atoms with Crippen LogP contribution in [0.2, 0.25) is 0 Å². The number of carbonyl (C=O) groups excluding carboxylic acids is 1. The molecule has 1 unspecified atom stereocenters. The van der Waals surface area contributed by atoms with E-state index in [2.05, 4.69) is 10.1 Å². The molecule has 84 valence electrons. The molecular weight excluding hydrogens is 203 g/mol. The molecule has 0 aliphatic carbocycles. The van der Waals surface area contributed by atoms with Crippen molar-refractivity contribution in [3.8, 4) is 0 Å². The average molecular weight is 215 g/mol. The van der Waals surface area contributed by atoms with Gasteiger partial charge in [-0.2, -0.15) is 13.2 Å². The van der Waals surface area contributed by atoms with Gasteiger partial charge in [-0.3, -0.25) is 4.79 Å². The average Bonchev–Trinajstić information content (AvgIpc) is 1.98. The summed E-state index contributed by atoms with van der Waals surface area (Å²) in [6.45, 7) is -0.674. The maximum absolute atomic E-state index is 11.5. The summed E-state index contributed by atoms with van der Waals surface area (Å²) in [5.74, 6) is -0.685. The fraction of sp³-hybridized carbons (Fsp3) is 0.857. The van der Waals surface area contributed by atoms with Crippen LogP contribution in [-0.2, 0) is 9.53 Å². The van der Waals surface area contributed by atoms with Crippen LogP contribution in [0.4, 0.5) is 13.2 Å². The van der Waals surface area contributed by atoms with Gasteiger partial charge in [0.2, 0.25) is 5.91 Å². The van der Waals surface area contributed by atoms with E-state index < -0.39 is 31.4 Å². The molecule has 0 aliphatic heterocycles. The fourth-order valence-electron chi connectivity index (χ4n) is 0.572. The van der Waals surface area contributed by atoms with Crippen molar-refractivity contribution in [2.45, 2.75) is 19.2 Å². The van der Waals surface area contributed by atoms with Crippen LogP contribution in [-0.4, -0.2) is 43.1 Å². The largest absolute Gasteiger partial charge is 0.411 e. The van der Waals surface area contributed by atoms with Crippen LogP contribution in [0.15, 0.2) is 0 Å². The Morgan fingerprint density at radius 3 is 2.57 bits per heavy atom. The van der Waals surface area contributed by atoms with Gasteiger partial charge in [0.25, 0.3) is 0 Å². The van der Waals surface area contributed by atoms with Gasteiger partial charge < -0.3 is 15.2 Å². The highest BCUT2D eigenvalue weighted by Gasteiger charge is 2.27. The summed E-state index contributed by atoms with van der Waals surface area (Å²) in [5, 5.41) is 10.9. The summed E-state index contributed by atoms with van der Waals surface area (Å²) in [6, 6.07) is 0. The monoisotopic (exact) mass is 215 g/mol. The Hall–Kier alpha value is -0.820. The Morgan fingerprint density at radius 1 is 1.57 bits per heavy atom. The molecule has 14 heavy (non-hydrogen) atoms. The minimum Gasteiger partial charge on any atom is -0.392 e. The second kappa shape index (κ2) is 5.82. The topological polar surface area (TPSA) is 58.6 Å². The number of aliphatic hydroxyl groups is 1. The Bertz CT molecular complexity index is 182. The number of rotatable bonds is 5. The molecule has 4 nitrogen and oxygen atoms in total. The third kappa shape index (κ3) is 9.27. The number of ether oxygens (including phenoxy) is 1. The first-order valence-electron chi connectivity index (χ1n) is 3.90. The van der Waals surface area contributed by atoms with Crippen molar-refractivity contribution in [1.29, 1.82) is 0 Å². The summed E-state index contributed by atoms with van der Waals surface area (Å²) >= 11 is 0. The number of hydrogen-bond acceptors (Lipinski definition) is 3. The molecule has 0 fully saturated rings. The molecule has 7 heteroatoms. The summed E-state index contributed by atoms with van der Waals surface area (Å²) in [4.78, 5) is 10.7. The number of alkyl halides is 3. The predicted octanol–water partition coefficient (Wildman–Crippen LogP) is 0.0623.